The molecule has 0 aliphatic heterocycles. The monoisotopic (exact) mass is 312 g/mol. The van der Waals surface area contributed by atoms with Gasteiger partial charge in [0.1, 0.15) is 0 Å². The molecular weight excluding hydrogens is 284 g/mol. The molecule has 0 radical (unpaired) electrons. The third-order valence-electron chi connectivity index (χ3n) is 3.30. The van der Waals surface area contributed by atoms with Crippen LogP contribution in [0.25, 0.3) is 0 Å². The number of ether oxygens (including phenoxy) is 1. The summed E-state index contributed by atoms with van der Waals surface area (Å²) in [5.41, 5.74) is 0.966. The topological polar surface area (TPSA) is 51.2 Å². The van der Waals surface area contributed by atoms with Gasteiger partial charge in [-0.2, -0.15) is 0 Å². The number of unbranched alkanes of at least 4 members (excludes halogenated alkanes) is 3. The predicted octanol–water partition coefficient (Wildman–Crippen LogP) is 4.41. The third kappa shape index (κ3) is 8.05. The van der Waals surface area contributed by atoms with Crippen LogP contribution in [0.4, 0.5) is 5.13 Å². The number of anilines is 1. The molecule has 1 N–H and O–H groups in total. The van der Waals surface area contributed by atoms with Crippen molar-refractivity contribution >= 4 is 22.4 Å². The zero-order chi connectivity index (χ0) is 15.5. The van der Waals surface area contributed by atoms with E-state index in [4.69, 9.17) is 4.74 Å². The van der Waals surface area contributed by atoms with Gasteiger partial charge in [-0.15, -0.1) is 11.3 Å². The van der Waals surface area contributed by atoms with E-state index < -0.39 is 0 Å². The van der Waals surface area contributed by atoms with E-state index in [2.05, 4.69) is 24.1 Å². The van der Waals surface area contributed by atoms with Gasteiger partial charge in [-0.3, -0.25) is 4.79 Å². The van der Waals surface area contributed by atoms with E-state index in [0.29, 0.717) is 25.5 Å². The Bertz CT molecular complexity index is 407. The number of nitrogens with one attached hydrogen (secondary N) is 1. The zero-order valence-corrected chi connectivity index (χ0v) is 14.3. The molecule has 0 amide bonds. The highest BCUT2D eigenvalue weighted by molar-refractivity contribution is 7.13. The standard InChI is InChI=1S/C16H28N2O2S/c1-4-6-7-8-9-13(3)17-16-18-14(12-21-16)10-11-15(19)20-5-2/h12-13H,4-11H2,1-3H3,(H,17,18). The van der Waals surface area contributed by atoms with Crippen molar-refractivity contribution in [3.8, 4) is 0 Å². The van der Waals surface area contributed by atoms with E-state index in [0.717, 1.165) is 10.8 Å². The van der Waals surface area contributed by atoms with Crippen LogP contribution in [0.1, 0.15) is 65.0 Å². The average molecular weight is 312 g/mol. The quantitative estimate of drug-likeness (QED) is 0.486. The lowest BCUT2D eigenvalue weighted by Crippen LogP contribution is -2.14. The Balaban J connectivity index is 2.26. The largest absolute Gasteiger partial charge is 0.466 e. The first-order chi connectivity index (χ1) is 10.2. The van der Waals surface area contributed by atoms with Crippen LogP contribution >= 0.6 is 11.3 Å². The van der Waals surface area contributed by atoms with Gasteiger partial charge in [-0.25, -0.2) is 4.98 Å². The second-order valence-electron chi connectivity index (χ2n) is 5.34. The maximum Gasteiger partial charge on any atom is 0.306 e. The molecule has 0 aliphatic carbocycles. The number of carbonyl (C=O) groups is 1. The van der Waals surface area contributed by atoms with Gasteiger partial charge >= 0.3 is 5.97 Å². The van der Waals surface area contributed by atoms with E-state index in [-0.39, 0.29) is 5.97 Å². The lowest BCUT2D eigenvalue weighted by Gasteiger charge is -2.12. The van der Waals surface area contributed by atoms with Crippen molar-refractivity contribution in [2.24, 2.45) is 0 Å². The number of nitrogens with zero attached hydrogens (tertiary/aromatic N) is 1. The van der Waals surface area contributed by atoms with Gasteiger partial charge < -0.3 is 10.1 Å². The molecule has 5 heteroatoms. The van der Waals surface area contributed by atoms with Crippen molar-refractivity contribution in [2.75, 3.05) is 11.9 Å². The maximum atomic E-state index is 11.3. The number of carbonyl (C=O) groups excluding carboxylic acids is 1. The highest BCUT2D eigenvalue weighted by Crippen LogP contribution is 2.19. The van der Waals surface area contributed by atoms with Gasteiger partial charge in [-0.1, -0.05) is 32.6 Å². The summed E-state index contributed by atoms with van der Waals surface area (Å²) in [6.45, 7) is 6.70. The lowest BCUT2D eigenvalue weighted by atomic mass is 10.1. The Kier molecular flexibility index (Phi) is 9.06. The minimum Gasteiger partial charge on any atom is -0.466 e. The molecule has 21 heavy (non-hydrogen) atoms. The summed E-state index contributed by atoms with van der Waals surface area (Å²) in [7, 11) is 0. The molecule has 0 spiro atoms. The normalized spacial score (nSPS) is 12.1. The van der Waals surface area contributed by atoms with Crippen LogP contribution in [0, 0.1) is 0 Å². The second-order valence-corrected chi connectivity index (χ2v) is 6.20. The highest BCUT2D eigenvalue weighted by atomic mass is 32.1. The summed E-state index contributed by atoms with van der Waals surface area (Å²) >= 11 is 1.61. The van der Waals surface area contributed by atoms with Crippen molar-refractivity contribution in [2.45, 2.75) is 71.8 Å². The summed E-state index contributed by atoms with van der Waals surface area (Å²) in [5.74, 6) is -0.149. The molecule has 0 bridgehead atoms. The molecule has 0 aromatic carbocycles. The number of hydrogen-bond donors (Lipinski definition) is 1. The zero-order valence-electron chi connectivity index (χ0n) is 13.5. The average Bonchev–Trinajstić information content (AvgIpc) is 2.89. The summed E-state index contributed by atoms with van der Waals surface area (Å²) < 4.78 is 4.92. The Labute approximate surface area is 132 Å². The molecule has 1 atom stereocenters. The van der Waals surface area contributed by atoms with Crippen LogP contribution in [-0.4, -0.2) is 23.6 Å². The van der Waals surface area contributed by atoms with Gasteiger partial charge in [0.2, 0.25) is 0 Å². The third-order valence-corrected chi connectivity index (χ3v) is 4.13. The van der Waals surface area contributed by atoms with Crippen LogP contribution in [-0.2, 0) is 16.0 Å². The molecule has 0 saturated heterocycles. The first kappa shape index (κ1) is 18.0. The molecule has 1 aromatic heterocycles. The second kappa shape index (κ2) is 10.6. The molecule has 1 heterocycles. The van der Waals surface area contributed by atoms with E-state index in [9.17, 15) is 4.79 Å². The Morgan fingerprint density at radius 2 is 2.19 bits per heavy atom. The van der Waals surface area contributed by atoms with E-state index in [1.54, 1.807) is 11.3 Å². The van der Waals surface area contributed by atoms with E-state index in [1.807, 2.05) is 12.3 Å². The minimum absolute atomic E-state index is 0.149. The van der Waals surface area contributed by atoms with Crippen molar-refractivity contribution in [1.82, 2.24) is 4.98 Å². The molecular formula is C16H28N2O2S. The fourth-order valence-electron chi connectivity index (χ4n) is 2.11. The summed E-state index contributed by atoms with van der Waals surface area (Å²) in [4.78, 5) is 15.8. The van der Waals surface area contributed by atoms with Gasteiger partial charge in [-0.05, 0) is 20.3 Å². The molecule has 1 aromatic rings. The van der Waals surface area contributed by atoms with Gasteiger partial charge in [0.15, 0.2) is 5.13 Å². The molecule has 1 rings (SSSR count). The van der Waals surface area contributed by atoms with E-state index >= 15 is 0 Å². The lowest BCUT2D eigenvalue weighted by molar-refractivity contribution is -0.143. The Morgan fingerprint density at radius 1 is 1.38 bits per heavy atom. The van der Waals surface area contributed by atoms with Gasteiger partial charge in [0, 0.05) is 17.8 Å². The van der Waals surface area contributed by atoms with E-state index in [1.165, 1.54) is 32.1 Å². The highest BCUT2D eigenvalue weighted by Gasteiger charge is 2.08. The van der Waals surface area contributed by atoms with Crippen LogP contribution in [0.3, 0.4) is 0 Å². The number of rotatable bonds is 11. The number of aromatic nitrogens is 1. The number of esters is 1. The van der Waals surface area contributed by atoms with Crippen LogP contribution in [0.15, 0.2) is 5.38 Å². The fourth-order valence-corrected chi connectivity index (χ4v) is 2.97. The smallest absolute Gasteiger partial charge is 0.306 e. The molecule has 0 fully saturated rings. The number of hydrogen-bond acceptors (Lipinski definition) is 5. The van der Waals surface area contributed by atoms with Crippen molar-refractivity contribution in [3.05, 3.63) is 11.1 Å². The van der Waals surface area contributed by atoms with Gasteiger partial charge in [0.05, 0.1) is 18.7 Å². The molecule has 0 aliphatic rings. The molecule has 120 valence electrons. The summed E-state index contributed by atoms with van der Waals surface area (Å²) in [6.07, 6.45) is 7.41. The SMILES string of the molecule is CCCCCCC(C)Nc1nc(CCC(=O)OCC)cs1. The number of aryl methyl sites for hydroxylation is 1. The molecule has 0 saturated carbocycles. The summed E-state index contributed by atoms with van der Waals surface area (Å²) in [6, 6.07) is 0.450. The fraction of sp³-hybridized carbons (Fsp3) is 0.750. The van der Waals surface area contributed by atoms with Crippen molar-refractivity contribution in [3.63, 3.8) is 0 Å². The van der Waals surface area contributed by atoms with Gasteiger partial charge in [0.25, 0.3) is 0 Å². The first-order valence-electron chi connectivity index (χ1n) is 8.02. The van der Waals surface area contributed by atoms with Crippen molar-refractivity contribution < 1.29 is 9.53 Å². The Hall–Kier alpha value is -1.10. The Morgan fingerprint density at radius 3 is 2.90 bits per heavy atom. The van der Waals surface area contributed by atoms with Crippen LogP contribution in [0.2, 0.25) is 0 Å². The first-order valence-corrected chi connectivity index (χ1v) is 8.90. The summed E-state index contributed by atoms with van der Waals surface area (Å²) in [5, 5.41) is 6.42. The molecule has 4 nitrogen and oxygen atoms in total. The molecule has 1 unspecified atom stereocenters. The number of thiazole rings is 1. The predicted molar refractivity (Wildman–Crippen MR) is 88.9 cm³/mol. The van der Waals surface area contributed by atoms with Crippen LogP contribution < -0.4 is 5.32 Å². The van der Waals surface area contributed by atoms with Crippen LogP contribution in [0.5, 0.6) is 0 Å². The maximum absolute atomic E-state index is 11.3. The van der Waals surface area contributed by atoms with Crippen molar-refractivity contribution in [1.29, 1.82) is 0 Å². The minimum atomic E-state index is -0.149.